The molecule has 2 heterocycles. The van der Waals surface area contributed by atoms with Crippen LogP contribution in [0.2, 0.25) is 0 Å². The number of carbonyl (C=O) groups is 4. The zero-order valence-electron chi connectivity index (χ0n) is 19.2. The first-order chi connectivity index (χ1) is 15.7. The van der Waals surface area contributed by atoms with Gasteiger partial charge in [-0.2, -0.15) is 0 Å². The van der Waals surface area contributed by atoms with E-state index in [-0.39, 0.29) is 17.1 Å². The zero-order chi connectivity index (χ0) is 24.5. The lowest BCUT2D eigenvalue weighted by atomic mass is 9.85. The molecule has 0 spiro atoms. The van der Waals surface area contributed by atoms with Crippen molar-refractivity contribution >= 4 is 29.5 Å². The number of rotatable bonds is 7. The Labute approximate surface area is 190 Å². The topological polar surface area (TPSA) is 130 Å². The van der Waals surface area contributed by atoms with E-state index >= 15 is 0 Å². The smallest absolute Gasteiger partial charge is 0.336 e. The molecule has 0 radical (unpaired) electrons. The van der Waals surface area contributed by atoms with E-state index in [2.05, 4.69) is 5.32 Å². The van der Waals surface area contributed by atoms with Crippen LogP contribution in [-0.2, 0) is 38.1 Å². The van der Waals surface area contributed by atoms with Gasteiger partial charge in [-0.25, -0.2) is 14.4 Å². The van der Waals surface area contributed by atoms with Crippen molar-refractivity contribution in [3.05, 3.63) is 35.4 Å². The largest absolute Gasteiger partial charge is 0.497 e. The highest BCUT2D eigenvalue weighted by atomic mass is 16.5. The molecular weight excluding hydrogens is 436 g/mol. The molecular formula is C22H26N2O9. The maximum atomic E-state index is 12.9. The predicted molar refractivity (Wildman–Crippen MR) is 113 cm³/mol. The highest BCUT2D eigenvalue weighted by Gasteiger charge is 2.62. The number of carbonyl (C=O) groups excluding carboxylic acids is 4. The second-order valence-corrected chi connectivity index (χ2v) is 7.56. The van der Waals surface area contributed by atoms with E-state index in [0.29, 0.717) is 11.4 Å². The van der Waals surface area contributed by atoms with Crippen molar-refractivity contribution < 1.29 is 42.9 Å². The van der Waals surface area contributed by atoms with Gasteiger partial charge < -0.3 is 28.6 Å². The Hall–Kier alpha value is -3.44. The van der Waals surface area contributed by atoms with Gasteiger partial charge in [0.2, 0.25) is 0 Å². The van der Waals surface area contributed by atoms with Gasteiger partial charge in [0.15, 0.2) is 6.10 Å². The summed E-state index contributed by atoms with van der Waals surface area (Å²) in [5.74, 6) is -2.35. The van der Waals surface area contributed by atoms with Gasteiger partial charge in [-0.3, -0.25) is 10.1 Å². The third-order valence-corrected chi connectivity index (χ3v) is 5.95. The minimum atomic E-state index is -1.74. The normalized spacial score (nSPS) is 26.5. The number of anilines is 1. The fraction of sp³-hybridized carbons (Fsp3) is 0.455. The second kappa shape index (κ2) is 9.20. The van der Waals surface area contributed by atoms with E-state index in [0.717, 1.165) is 21.3 Å². The average Bonchev–Trinajstić information content (AvgIpc) is 3.14. The molecule has 2 aliphatic heterocycles. The quantitative estimate of drug-likeness (QED) is 0.335. The lowest BCUT2D eigenvalue weighted by molar-refractivity contribution is -0.149. The molecule has 4 atom stereocenters. The van der Waals surface area contributed by atoms with Gasteiger partial charge in [0.1, 0.15) is 11.3 Å². The van der Waals surface area contributed by atoms with Crippen LogP contribution in [0.25, 0.3) is 0 Å². The van der Waals surface area contributed by atoms with Gasteiger partial charge >= 0.3 is 17.9 Å². The van der Waals surface area contributed by atoms with Crippen LogP contribution in [0.5, 0.6) is 5.75 Å². The molecule has 11 heteroatoms. The van der Waals surface area contributed by atoms with Crippen LogP contribution in [0.3, 0.4) is 0 Å². The molecule has 1 fully saturated rings. The summed E-state index contributed by atoms with van der Waals surface area (Å²) in [7, 11) is 6.31. The predicted octanol–water partition coefficient (Wildman–Crippen LogP) is -0.0285. The maximum absolute atomic E-state index is 12.9. The van der Waals surface area contributed by atoms with Gasteiger partial charge in [0.25, 0.3) is 5.91 Å². The van der Waals surface area contributed by atoms with E-state index in [1.807, 2.05) is 0 Å². The molecule has 178 valence electrons. The third kappa shape index (κ3) is 3.72. The molecule has 33 heavy (non-hydrogen) atoms. The Balaban J connectivity index is 2.17. The molecule has 1 saturated heterocycles. The number of β-lactam (4-membered cyclic amide) rings is 1. The molecule has 1 aromatic rings. The van der Waals surface area contributed by atoms with Crippen molar-refractivity contribution in [1.29, 1.82) is 0 Å². The summed E-state index contributed by atoms with van der Waals surface area (Å²) < 4.78 is 25.2. The SMILES string of the molecule is COC(=O)C1=C(C(=O)OC)[C@](C)(C(=O)OC)N[C@@H]1[C@H]1[C@@H](OC)C(=O)N1c1ccc(OC)cc1. The maximum Gasteiger partial charge on any atom is 0.336 e. The molecule has 0 aliphatic carbocycles. The Morgan fingerprint density at radius 2 is 1.55 bits per heavy atom. The summed E-state index contributed by atoms with van der Waals surface area (Å²) in [6, 6.07) is 4.89. The van der Waals surface area contributed by atoms with Crippen LogP contribution in [0.4, 0.5) is 5.69 Å². The Morgan fingerprint density at radius 1 is 0.939 bits per heavy atom. The van der Waals surface area contributed by atoms with E-state index in [4.69, 9.17) is 23.7 Å². The third-order valence-electron chi connectivity index (χ3n) is 5.95. The number of esters is 3. The number of nitrogens with zero attached hydrogens (tertiary/aromatic N) is 1. The fourth-order valence-corrected chi connectivity index (χ4v) is 4.35. The van der Waals surface area contributed by atoms with Gasteiger partial charge in [-0.1, -0.05) is 0 Å². The minimum absolute atomic E-state index is 0.143. The average molecular weight is 462 g/mol. The molecule has 2 aliphatic rings. The van der Waals surface area contributed by atoms with Crippen molar-refractivity contribution in [3.63, 3.8) is 0 Å². The molecule has 11 nitrogen and oxygen atoms in total. The second-order valence-electron chi connectivity index (χ2n) is 7.56. The molecule has 3 rings (SSSR count). The van der Waals surface area contributed by atoms with Crippen LogP contribution >= 0.6 is 0 Å². The summed E-state index contributed by atoms with van der Waals surface area (Å²) in [5.41, 5.74) is -1.62. The molecule has 0 aromatic heterocycles. The number of nitrogens with one attached hydrogen (secondary N) is 1. The van der Waals surface area contributed by atoms with E-state index in [9.17, 15) is 19.2 Å². The lowest BCUT2D eigenvalue weighted by Gasteiger charge is -2.49. The summed E-state index contributed by atoms with van der Waals surface area (Å²) >= 11 is 0. The molecule has 1 N–H and O–H groups in total. The van der Waals surface area contributed by atoms with Gasteiger partial charge in [-0.15, -0.1) is 0 Å². The number of ether oxygens (including phenoxy) is 5. The number of amides is 1. The number of hydrogen-bond donors (Lipinski definition) is 1. The van der Waals surface area contributed by atoms with Crippen molar-refractivity contribution in [2.24, 2.45) is 0 Å². The van der Waals surface area contributed by atoms with Crippen LogP contribution in [-0.4, -0.2) is 83.1 Å². The molecule has 0 unspecified atom stereocenters. The highest BCUT2D eigenvalue weighted by Crippen LogP contribution is 2.41. The van der Waals surface area contributed by atoms with Crippen LogP contribution in [0.1, 0.15) is 6.92 Å². The first-order valence-electron chi connectivity index (χ1n) is 9.97. The monoisotopic (exact) mass is 462 g/mol. The van der Waals surface area contributed by atoms with Crippen molar-refractivity contribution in [1.82, 2.24) is 5.32 Å². The van der Waals surface area contributed by atoms with Crippen LogP contribution in [0, 0.1) is 0 Å². The minimum Gasteiger partial charge on any atom is -0.497 e. The summed E-state index contributed by atoms with van der Waals surface area (Å²) in [4.78, 5) is 52.7. The Morgan fingerprint density at radius 3 is 2.03 bits per heavy atom. The van der Waals surface area contributed by atoms with Gasteiger partial charge in [0, 0.05) is 12.8 Å². The number of hydrogen-bond acceptors (Lipinski definition) is 10. The molecule has 0 bridgehead atoms. The summed E-state index contributed by atoms with van der Waals surface area (Å²) in [6.07, 6.45) is -0.955. The van der Waals surface area contributed by atoms with Crippen molar-refractivity contribution in [2.45, 2.75) is 30.7 Å². The van der Waals surface area contributed by atoms with Crippen molar-refractivity contribution in [3.8, 4) is 5.75 Å². The standard InChI is InChI=1S/C22H26N2O9/c1-22(21(28)33-6)14(20(27)32-5)13(19(26)31-4)15(23-22)16-17(30-3)18(25)24(16)11-7-9-12(29-2)10-8-11/h7-10,15-17,23H,1-6H3/t15-,16-,17+,22+/m0/s1. The summed E-state index contributed by atoms with van der Waals surface area (Å²) in [6.45, 7) is 1.40. The first-order valence-corrected chi connectivity index (χ1v) is 9.97. The Kier molecular flexibility index (Phi) is 6.75. The molecule has 1 amide bonds. The molecule has 1 aromatic carbocycles. The van der Waals surface area contributed by atoms with E-state index in [1.165, 1.54) is 26.0 Å². The van der Waals surface area contributed by atoms with Crippen molar-refractivity contribution in [2.75, 3.05) is 40.4 Å². The first kappa shape index (κ1) is 24.2. The van der Waals surface area contributed by atoms with Crippen LogP contribution < -0.4 is 15.0 Å². The zero-order valence-corrected chi connectivity index (χ0v) is 19.2. The number of methoxy groups -OCH3 is 5. The molecule has 0 saturated carbocycles. The summed E-state index contributed by atoms with van der Waals surface area (Å²) in [5, 5.41) is 3.01. The van der Waals surface area contributed by atoms with Gasteiger partial charge in [0.05, 0.1) is 51.7 Å². The highest BCUT2D eigenvalue weighted by molar-refractivity contribution is 6.11. The van der Waals surface area contributed by atoms with Gasteiger partial charge in [-0.05, 0) is 31.2 Å². The van der Waals surface area contributed by atoms with Crippen LogP contribution in [0.15, 0.2) is 35.4 Å². The fourth-order valence-electron chi connectivity index (χ4n) is 4.35. The lowest BCUT2D eigenvalue weighted by Crippen LogP contribution is -2.73. The van der Waals surface area contributed by atoms with E-state index in [1.54, 1.807) is 24.3 Å². The van der Waals surface area contributed by atoms with E-state index < -0.39 is 41.6 Å². The number of benzene rings is 1. The Bertz CT molecular complexity index is 1000.